The van der Waals surface area contributed by atoms with Crippen LogP contribution in [0.2, 0.25) is 0 Å². The second-order valence-corrected chi connectivity index (χ2v) is 7.44. The Hall–Kier alpha value is -0.450. The molecule has 1 saturated heterocycles. The van der Waals surface area contributed by atoms with Crippen molar-refractivity contribution in [3.05, 3.63) is 16.1 Å². The van der Waals surface area contributed by atoms with Gasteiger partial charge in [-0.05, 0) is 44.7 Å². The number of nitrogens with zero attached hydrogens (tertiary/aromatic N) is 2. The number of hydrogen-bond donors (Lipinski definition) is 1. The third kappa shape index (κ3) is 4.05. The summed E-state index contributed by atoms with van der Waals surface area (Å²) in [4.78, 5) is 7.57. The fraction of sp³-hybridized carbons (Fsp3) is 0.824. The highest BCUT2D eigenvalue weighted by Gasteiger charge is 2.38. The smallest absolute Gasteiger partial charge is 0.113 e. The van der Waals surface area contributed by atoms with E-state index in [0.717, 1.165) is 6.54 Å². The van der Waals surface area contributed by atoms with E-state index in [2.05, 4.69) is 43.3 Å². The molecule has 0 radical (unpaired) electrons. The topological polar surface area (TPSA) is 28.2 Å². The van der Waals surface area contributed by atoms with Crippen LogP contribution in [0.5, 0.6) is 0 Å². The molecular formula is C17H31N3S. The first kappa shape index (κ1) is 16.9. The summed E-state index contributed by atoms with van der Waals surface area (Å²) in [5, 5.41) is 7.41. The molecule has 0 saturated carbocycles. The van der Waals surface area contributed by atoms with Crippen molar-refractivity contribution in [2.75, 3.05) is 26.2 Å². The number of piperidine rings is 1. The third-order valence-electron chi connectivity index (χ3n) is 4.49. The van der Waals surface area contributed by atoms with Crippen LogP contribution in [0, 0.1) is 0 Å². The maximum Gasteiger partial charge on any atom is 0.113 e. The lowest BCUT2D eigenvalue weighted by Crippen LogP contribution is -2.51. The van der Waals surface area contributed by atoms with Crippen molar-refractivity contribution in [1.82, 2.24) is 15.2 Å². The molecule has 1 aliphatic heterocycles. The van der Waals surface area contributed by atoms with Crippen molar-refractivity contribution < 1.29 is 0 Å². The summed E-state index contributed by atoms with van der Waals surface area (Å²) in [6, 6.07) is 0. The van der Waals surface area contributed by atoms with E-state index in [4.69, 9.17) is 4.98 Å². The Morgan fingerprint density at radius 3 is 2.52 bits per heavy atom. The summed E-state index contributed by atoms with van der Waals surface area (Å²) in [5.41, 5.74) is 1.38. The normalized spacial score (nSPS) is 19.3. The van der Waals surface area contributed by atoms with Gasteiger partial charge in [0.15, 0.2) is 0 Å². The average Bonchev–Trinajstić information content (AvgIpc) is 2.98. The SMILES string of the molecule is CCCNC1(c2nc(C(C)C)cs2)CCN(CCC)CC1. The molecule has 0 aliphatic carbocycles. The molecule has 0 atom stereocenters. The Kier molecular flexibility index (Phi) is 6.20. The maximum atomic E-state index is 4.97. The summed E-state index contributed by atoms with van der Waals surface area (Å²) in [6.07, 6.45) is 4.82. The molecule has 0 bridgehead atoms. The molecule has 21 heavy (non-hydrogen) atoms. The Bertz CT molecular complexity index is 419. The number of likely N-dealkylation sites (tertiary alicyclic amines) is 1. The van der Waals surface area contributed by atoms with E-state index in [-0.39, 0.29) is 5.54 Å². The second-order valence-electron chi connectivity index (χ2n) is 6.58. The molecule has 1 aliphatic rings. The fourth-order valence-corrected chi connectivity index (χ4v) is 4.29. The Morgan fingerprint density at radius 2 is 2.00 bits per heavy atom. The predicted octanol–water partition coefficient (Wildman–Crippen LogP) is 3.97. The molecule has 0 unspecified atom stereocenters. The van der Waals surface area contributed by atoms with Gasteiger partial charge in [-0.1, -0.05) is 27.7 Å². The van der Waals surface area contributed by atoms with Gasteiger partial charge in [0.05, 0.1) is 11.2 Å². The van der Waals surface area contributed by atoms with Crippen LogP contribution < -0.4 is 5.32 Å². The molecule has 1 aromatic rings. The Balaban J connectivity index is 2.13. The number of rotatable bonds is 7. The van der Waals surface area contributed by atoms with Gasteiger partial charge in [-0.2, -0.15) is 0 Å². The number of aromatic nitrogens is 1. The molecule has 120 valence electrons. The lowest BCUT2D eigenvalue weighted by atomic mass is 9.87. The van der Waals surface area contributed by atoms with E-state index in [1.165, 1.54) is 56.0 Å². The third-order valence-corrected chi connectivity index (χ3v) is 5.55. The highest BCUT2D eigenvalue weighted by molar-refractivity contribution is 7.09. The summed E-state index contributed by atoms with van der Waals surface area (Å²) < 4.78 is 0. The van der Waals surface area contributed by atoms with Crippen LogP contribution in [-0.4, -0.2) is 36.1 Å². The monoisotopic (exact) mass is 309 g/mol. The second kappa shape index (κ2) is 7.70. The summed E-state index contributed by atoms with van der Waals surface area (Å²) in [5.74, 6) is 0.526. The van der Waals surface area contributed by atoms with Crippen molar-refractivity contribution in [1.29, 1.82) is 0 Å². The first-order chi connectivity index (χ1) is 10.1. The Labute approximate surface area is 134 Å². The van der Waals surface area contributed by atoms with Crippen molar-refractivity contribution >= 4 is 11.3 Å². The van der Waals surface area contributed by atoms with Crippen molar-refractivity contribution in [3.63, 3.8) is 0 Å². The Morgan fingerprint density at radius 1 is 1.29 bits per heavy atom. The molecular weight excluding hydrogens is 278 g/mol. The molecule has 1 N–H and O–H groups in total. The van der Waals surface area contributed by atoms with Gasteiger partial charge in [0.1, 0.15) is 5.01 Å². The van der Waals surface area contributed by atoms with Gasteiger partial charge in [-0.15, -0.1) is 11.3 Å². The van der Waals surface area contributed by atoms with Gasteiger partial charge in [0, 0.05) is 18.5 Å². The lowest BCUT2D eigenvalue weighted by molar-refractivity contribution is 0.134. The first-order valence-electron chi connectivity index (χ1n) is 8.54. The number of hydrogen-bond acceptors (Lipinski definition) is 4. The zero-order chi connectivity index (χ0) is 15.3. The highest BCUT2D eigenvalue weighted by Crippen LogP contribution is 2.36. The molecule has 4 heteroatoms. The van der Waals surface area contributed by atoms with Crippen LogP contribution in [0.25, 0.3) is 0 Å². The largest absolute Gasteiger partial charge is 0.305 e. The molecule has 1 aromatic heterocycles. The van der Waals surface area contributed by atoms with Crippen molar-refractivity contribution in [3.8, 4) is 0 Å². The lowest BCUT2D eigenvalue weighted by Gasteiger charge is -2.41. The summed E-state index contributed by atoms with van der Waals surface area (Å²) in [6.45, 7) is 13.7. The molecule has 2 heterocycles. The van der Waals surface area contributed by atoms with E-state index in [1.54, 1.807) is 0 Å². The fourth-order valence-electron chi connectivity index (χ4n) is 3.08. The van der Waals surface area contributed by atoms with E-state index in [9.17, 15) is 0 Å². The van der Waals surface area contributed by atoms with E-state index < -0.39 is 0 Å². The van der Waals surface area contributed by atoms with Crippen molar-refractivity contribution in [2.45, 2.75) is 64.8 Å². The van der Waals surface area contributed by atoms with Gasteiger partial charge in [-0.25, -0.2) is 4.98 Å². The predicted molar refractivity (Wildman–Crippen MR) is 92.1 cm³/mol. The minimum Gasteiger partial charge on any atom is -0.305 e. The van der Waals surface area contributed by atoms with E-state index in [1.807, 2.05) is 11.3 Å². The number of nitrogens with one attached hydrogen (secondary N) is 1. The molecule has 3 nitrogen and oxygen atoms in total. The zero-order valence-corrected chi connectivity index (χ0v) is 14.9. The number of thiazole rings is 1. The maximum absolute atomic E-state index is 4.97. The first-order valence-corrected chi connectivity index (χ1v) is 9.42. The van der Waals surface area contributed by atoms with Gasteiger partial charge in [0.25, 0.3) is 0 Å². The van der Waals surface area contributed by atoms with Gasteiger partial charge in [-0.3, -0.25) is 0 Å². The molecule has 2 rings (SSSR count). The molecule has 0 aromatic carbocycles. The quantitative estimate of drug-likeness (QED) is 0.826. The summed E-state index contributed by atoms with van der Waals surface area (Å²) in [7, 11) is 0. The van der Waals surface area contributed by atoms with Crippen LogP contribution >= 0.6 is 11.3 Å². The minimum atomic E-state index is 0.123. The van der Waals surface area contributed by atoms with Gasteiger partial charge >= 0.3 is 0 Å². The van der Waals surface area contributed by atoms with Crippen LogP contribution in [0.3, 0.4) is 0 Å². The minimum absolute atomic E-state index is 0.123. The van der Waals surface area contributed by atoms with Crippen molar-refractivity contribution in [2.24, 2.45) is 0 Å². The molecule has 0 spiro atoms. The van der Waals surface area contributed by atoms with Gasteiger partial charge < -0.3 is 10.2 Å². The van der Waals surface area contributed by atoms with E-state index >= 15 is 0 Å². The van der Waals surface area contributed by atoms with Crippen LogP contribution in [0.1, 0.15) is 70.0 Å². The standard InChI is InChI=1S/C17H31N3S/c1-5-9-18-17(7-11-20(10-6-2)12-8-17)16-19-15(13-21-16)14(3)4/h13-14,18H,5-12H2,1-4H3. The van der Waals surface area contributed by atoms with Crippen LogP contribution in [0.4, 0.5) is 0 Å². The van der Waals surface area contributed by atoms with E-state index in [0.29, 0.717) is 5.92 Å². The summed E-state index contributed by atoms with van der Waals surface area (Å²) >= 11 is 1.86. The van der Waals surface area contributed by atoms with Crippen LogP contribution in [-0.2, 0) is 5.54 Å². The van der Waals surface area contributed by atoms with Gasteiger partial charge in [0.2, 0.25) is 0 Å². The van der Waals surface area contributed by atoms with Crippen LogP contribution in [0.15, 0.2) is 5.38 Å². The molecule has 1 fully saturated rings. The zero-order valence-electron chi connectivity index (χ0n) is 14.1. The molecule has 0 amide bonds. The average molecular weight is 310 g/mol. The highest BCUT2D eigenvalue weighted by atomic mass is 32.1.